The van der Waals surface area contributed by atoms with E-state index in [-0.39, 0.29) is 47.8 Å². The summed E-state index contributed by atoms with van der Waals surface area (Å²) >= 11 is 0. The van der Waals surface area contributed by atoms with Crippen LogP contribution in [0.1, 0.15) is 98.3 Å². The second-order valence-corrected chi connectivity index (χ2v) is 15.4. The van der Waals surface area contributed by atoms with Gasteiger partial charge in [0.25, 0.3) is 5.91 Å². The highest BCUT2D eigenvalue weighted by atomic mass is 19.1. The number of imidazole rings is 2. The summed E-state index contributed by atoms with van der Waals surface area (Å²) in [6.07, 6.45) is 8.64. The van der Waals surface area contributed by atoms with Crippen molar-refractivity contribution in [2.45, 2.75) is 75.4 Å². The van der Waals surface area contributed by atoms with E-state index in [9.17, 15) is 19.2 Å². The molecule has 0 bridgehead atoms. The van der Waals surface area contributed by atoms with Crippen molar-refractivity contribution >= 4 is 29.5 Å². The summed E-state index contributed by atoms with van der Waals surface area (Å²) in [7, 11) is 1.24. The summed E-state index contributed by atoms with van der Waals surface area (Å²) in [6.45, 7) is 1.93. The lowest BCUT2D eigenvalue weighted by Crippen LogP contribution is -2.42. The molecule has 8 rings (SSSR count). The average Bonchev–Trinajstić information content (AvgIpc) is 3.68. The molecule has 300 valence electrons. The SMILES string of the molecule is COC(=O)N[C@@H](C(=O)N1CCC[C@H]1c1ncc(-c2cc(F)c(N3CCC(c4cnc([C@@H]5CCCN5C(=O)CNC(=O)C5CC5)[nH]4)CC3)c(F)c2)[nH]1)c1ccccc1. The van der Waals surface area contributed by atoms with Crippen LogP contribution in [0, 0.1) is 17.6 Å². The van der Waals surface area contributed by atoms with Gasteiger partial charge < -0.3 is 40.0 Å². The van der Waals surface area contributed by atoms with Crippen molar-refractivity contribution in [3.8, 4) is 11.3 Å². The molecule has 0 unspecified atom stereocenters. The number of methoxy groups -OCH3 is 1. The lowest BCUT2D eigenvalue weighted by molar-refractivity contribution is -0.134. The molecule has 14 nitrogen and oxygen atoms in total. The highest BCUT2D eigenvalue weighted by molar-refractivity contribution is 5.88. The highest BCUT2D eigenvalue weighted by Crippen LogP contribution is 2.38. The van der Waals surface area contributed by atoms with Crippen LogP contribution in [0.15, 0.2) is 54.9 Å². The topological polar surface area (TPSA) is 169 Å². The first-order chi connectivity index (χ1) is 27.7. The molecule has 16 heteroatoms. The van der Waals surface area contributed by atoms with Gasteiger partial charge in [0.15, 0.2) is 0 Å². The number of alkyl carbamates (subject to hydrolysis) is 1. The van der Waals surface area contributed by atoms with Crippen molar-refractivity contribution in [2.75, 3.05) is 44.7 Å². The molecule has 3 aliphatic heterocycles. The minimum absolute atomic E-state index is 0.00879. The number of carbonyl (C=O) groups is 4. The Hall–Kier alpha value is -5.80. The predicted octanol–water partition coefficient (Wildman–Crippen LogP) is 5.41. The first-order valence-electron chi connectivity index (χ1n) is 19.8. The van der Waals surface area contributed by atoms with Crippen LogP contribution < -0.4 is 15.5 Å². The lowest BCUT2D eigenvalue weighted by Gasteiger charge is -2.33. The smallest absolute Gasteiger partial charge is 0.407 e. The summed E-state index contributed by atoms with van der Waals surface area (Å²) in [6, 6.07) is 9.95. The van der Waals surface area contributed by atoms with Gasteiger partial charge in [-0.05, 0) is 69.1 Å². The van der Waals surface area contributed by atoms with Gasteiger partial charge in [0.1, 0.15) is 35.0 Å². The molecular formula is C41H47F2N9O5. The first-order valence-corrected chi connectivity index (χ1v) is 19.8. The van der Waals surface area contributed by atoms with Gasteiger partial charge in [0, 0.05) is 55.5 Å². The zero-order valence-corrected chi connectivity index (χ0v) is 31.8. The second kappa shape index (κ2) is 16.4. The van der Waals surface area contributed by atoms with E-state index in [1.165, 1.54) is 25.4 Å². The lowest BCUT2D eigenvalue weighted by atomic mass is 9.93. The van der Waals surface area contributed by atoms with Gasteiger partial charge >= 0.3 is 6.09 Å². The molecule has 1 saturated carbocycles. The number of nitrogens with zero attached hydrogens (tertiary/aromatic N) is 5. The van der Waals surface area contributed by atoms with Gasteiger partial charge in [0.2, 0.25) is 11.8 Å². The first kappa shape index (κ1) is 38.1. The van der Waals surface area contributed by atoms with E-state index in [1.54, 1.807) is 39.0 Å². The Bertz CT molecular complexity index is 2090. The van der Waals surface area contributed by atoms with E-state index in [4.69, 9.17) is 4.74 Å². The average molecular weight is 784 g/mol. The van der Waals surface area contributed by atoms with Crippen LogP contribution in [0.4, 0.5) is 19.3 Å². The number of anilines is 1. The number of halogens is 2. The standard InChI is InChI=1S/C41H47F2N9O5/c1-57-41(56)49-35(25-7-3-2-4-8-25)40(55)52-16-6-10-33(52)38-45-22-31(48-38)27-19-28(42)36(29(43)20-27)50-17-13-24(14-18-50)30-21-44-37(47-30)32-9-5-15-51(32)34(53)23-46-39(54)26-11-12-26/h2-4,7-8,19-22,24,26,32-33,35H,5-6,9-18,23H2,1H3,(H,44,47)(H,45,48)(H,46,54)(H,49,56)/t32-,33-,35+/m0/s1. The molecular weight excluding hydrogens is 737 g/mol. The van der Waals surface area contributed by atoms with Crippen LogP contribution in [0.2, 0.25) is 0 Å². The largest absolute Gasteiger partial charge is 0.453 e. The Morgan fingerprint density at radius 2 is 1.49 bits per heavy atom. The molecule has 5 heterocycles. The number of amides is 4. The molecule has 4 fully saturated rings. The van der Waals surface area contributed by atoms with E-state index in [0.717, 1.165) is 37.2 Å². The maximum absolute atomic E-state index is 15.8. The molecule has 3 saturated heterocycles. The molecule has 57 heavy (non-hydrogen) atoms. The second-order valence-electron chi connectivity index (χ2n) is 15.4. The fourth-order valence-electron chi connectivity index (χ4n) is 8.51. The Morgan fingerprint density at radius 1 is 0.842 bits per heavy atom. The minimum atomic E-state index is -0.968. The van der Waals surface area contributed by atoms with Gasteiger partial charge in [-0.25, -0.2) is 23.5 Å². The monoisotopic (exact) mass is 783 g/mol. The molecule has 4 amide bonds. The number of likely N-dealkylation sites (tertiary alicyclic amines) is 2. The molecule has 1 aliphatic carbocycles. The van der Waals surface area contributed by atoms with Crippen LogP contribution in [-0.2, 0) is 19.1 Å². The van der Waals surface area contributed by atoms with Crippen molar-refractivity contribution in [1.82, 2.24) is 40.4 Å². The zero-order chi connectivity index (χ0) is 39.6. The third-order valence-electron chi connectivity index (χ3n) is 11.7. The summed E-state index contributed by atoms with van der Waals surface area (Å²) in [5, 5.41) is 5.42. The zero-order valence-electron chi connectivity index (χ0n) is 31.8. The van der Waals surface area contributed by atoms with Crippen molar-refractivity contribution in [2.24, 2.45) is 5.92 Å². The Morgan fingerprint density at radius 3 is 2.18 bits per heavy atom. The van der Waals surface area contributed by atoms with Crippen LogP contribution in [0.5, 0.6) is 0 Å². The molecule has 4 N–H and O–H groups in total. The summed E-state index contributed by atoms with van der Waals surface area (Å²) in [5.41, 5.74) is 2.18. The number of benzene rings is 2. The number of piperidine rings is 1. The summed E-state index contributed by atoms with van der Waals surface area (Å²) < 4.78 is 36.4. The number of ether oxygens (including phenoxy) is 1. The van der Waals surface area contributed by atoms with Gasteiger partial charge in [-0.1, -0.05) is 30.3 Å². The fourth-order valence-corrected chi connectivity index (χ4v) is 8.51. The molecule has 0 radical (unpaired) electrons. The van der Waals surface area contributed by atoms with Crippen LogP contribution >= 0.6 is 0 Å². The molecule has 0 spiro atoms. The van der Waals surface area contributed by atoms with Crippen LogP contribution in [0.25, 0.3) is 11.3 Å². The van der Waals surface area contributed by atoms with Gasteiger partial charge in [-0.15, -0.1) is 0 Å². The normalized spacial score (nSPS) is 20.4. The number of rotatable bonds is 11. The number of carbonyl (C=O) groups excluding carboxylic acids is 4. The molecule has 2 aromatic heterocycles. The van der Waals surface area contributed by atoms with Crippen LogP contribution in [-0.4, -0.2) is 93.4 Å². The van der Waals surface area contributed by atoms with E-state index >= 15 is 8.78 Å². The number of nitrogens with one attached hydrogen (secondary N) is 4. The van der Waals surface area contributed by atoms with Gasteiger partial charge in [-0.2, -0.15) is 0 Å². The van der Waals surface area contributed by atoms with E-state index in [2.05, 4.69) is 30.6 Å². The van der Waals surface area contributed by atoms with Crippen molar-refractivity contribution in [3.05, 3.63) is 89.4 Å². The molecule has 4 aliphatic rings. The van der Waals surface area contributed by atoms with E-state index < -0.39 is 29.8 Å². The van der Waals surface area contributed by atoms with Gasteiger partial charge in [-0.3, -0.25) is 14.4 Å². The Kier molecular flexibility index (Phi) is 10.9. The van der Waals surface area contributed by atoms with Gasteiger partial charge in [0.05, 0.1) is 37.6 Å². The quantitative estimate of drug-likeness (QED) is 0.157. The maximum Gasteiger partial charge on any atom is 0.407 e. The minimum Gasteiger partial charge on any atom is -0.453 e. The van der Waals surface area contributed by atoms with Crippen molar-refractivity contribution in [3.63, 3.8) is 0 Å². The predicted molar refractivity (Wildman–Crippen MR) is 205 cm³/mol. The van der Waals surface area contributed by atoms with E-state index in [0.29, 0.717) is 74.5 Å². The fraction of sp³-hybridized carbons (Fsp3) is 0.463. The Balaban J connectivity index is 0.898. The summed E-state index contributed by atoms with van der Waals surface area (Å²) in [4.78, 5) is 72.1. The maximum atomic E-state index is 15.8. The molecule has 3 atom stereocenters. The van der Waals surface area contributed by atoms with E-state index in [1.807, 2.05) is 12.3 Å². The summed E-state index contributed by atoms with van der Waals surface area (Å²) in [5.74, 6) is -0.479. The number of aromatic nitrogens is 4. The number of hydrogen-bond acceptors (Lipinski definition) is 8. The Labute approximate surface area is 328 Å². The number of H-pyrrole nitrogens is 2. The number of aromatic amines is 2. The van der Waals surface area contributed by atoms with Crippen molar-refractivity contribution in [1.29, 1.82) is 0 Å². The number of hydrogen-bond donors (Lipinski definition) is 4. The third kappa shape index (κ3) is 8.07. The molecule has 4 aromatic rings. The third-order valence-corrected chi connectivity index (χ3v) is 11.7. The van der Waals surface area contributed by atoms with Crippen molar-refractivity contribution < 1.29 is 32.7 Å². The highest BCUT2D eigenvalue weighted by Gasteiger charge is 2.38. The molecule has 2 aromatic carbocycles. The van der Waals surface area contributed by atoms with Crippen LogP contribution in [0.3, 0.4) is 0 Å².